The van der Waals surface area contributed by atoms with E-state index >= 15 is 0 Å². The zero-order chi connectivity index (χ0) is 56.8. The third-order valence-corrected chi connectivity index (χ3v) is 15.0. The first kappa shape index (κ1) is 58.2. The number of aromatic amines is 4. The molecule has 0 saturated carbocycles. The number of hydrogen-bond donors (Lipinski definition) is 4. The highest BCUT2D eigenvalue weighted by molar-refractivity contribution is 5.85. The number of unbranched alkanes of at least 4 members (excludes halogenated alkanes) is 6. The summed E-state index contributed by atoms with van der Waals surface area (Å²) in [5, 5.41) is 3.91. The van der Waals surface area contributed by atoms with Crippen LogP contribution in [0.2, 0.25) is 0 Å². The topological polar surface area (TPSA) is 103 Å². The van der Waals surface area contributed by atoms with Crippen LogP contribution in [0.3, 0.4) is 0 Å². The Hall–Kier alpha value is -7.44. The normalized spacial score (nSPS) is 12.9. The van der Waals surface area contributed by atoms with Crippen molar-refractivity contribution < 1.29 is 27.9 Å². The Morgan fingerprint density at radius 2 is 0.605 bits per heavy atom. The molecule has 0 aliphatic carbocycles. The number of quaternary nitrogens is 2. The van der Waals surface area contributed by atoms with E-state index in [2.05, 4.69) is 234 Å². The molecule has 0 amide bonds. The number of aromatic nitrogens is 4. The average molecular weight is 1090 g/mol. The molecular weight excluding hydrogens is 1000 g/mol. The molecule has 0 radical (unpaired) electrons. The molecule has 11 heteroatoms. The van der Waals surface area contributed by atoms with Crippen molar-refractivity contribution in [2.24, 2.45) is 0 Å². The van der Waals surface area contributed by atoms with Gasteiger partial charge in [-0.2, -0.15) is 0 Å². The van der Waals surface area contributed by atoms with E-state index in [1.807, 2.05) is 0 Å². The summed E-state index contributed by atoms with van der Waals surface area (Å²) < 4.78 is 27.0. The maximum Gasteiger partial charge on any atom is 0.119 e. The molecule has 426 valence electrons. The predicted octanol–water partition coefficient (Wildman–Crippen LogP) is 10.7. The molecule has 9 rings (SSSR count). The monoisotopic (exact) mass is 1090 g/mol. The summed E-state index contributed by atoms with van der Waals surface area (Å²) in [6.45, 7) is 8.02. The van der Waals surface area contributed by atoms with E-state index in [0.717, 1.165) is 166 Å². The number of benzene rings is 4. The minimum atomic E-state index is 0.653. The van der Waals surface area contributed by atoms with Crippen LogP contribution in [0.15, 0.2) is 146 Å². The number of nitrogens with one attached hydrogen (secondary N) is 4. The standard InChI is InChI=1S/C70H89N7O4/c1-10-11-12-13-14-15-16-47-78-55-28-20-51(21-29-55)67-59-36-38-61(71-59)68(52-22-30-56(31-23-52)79-48-17-44-75(2)3)62-39-41-64(73-62)70(54-26-34-58(35-27-54)81-50-19-46-77(7,8)9)66-43-42-65(74-66)69(63-40-37-60(67)72-63)53-24-32-57(33-25-53)80-49-18-45-76(4,5)6/h20-43,71-74H,10-19,44-50H2,1-9H3/q+2. The SMILES string of the molecule is CCCCCCCCCOc1ccc(C2=c3ccc([nH]3)=C(c3ccc(OCCCN(C)C)cc3)c3ccc([nH]3)C(c3ccc(OCCC[N+](C)(C)C)cc3)=c3ccc([nH]3)=C(c3ccc(OCCC[N+](C)(C)C)cc3)c3ccc2[nH]3)cc1. The van der Waals surface area contributed by atoms with Crippen LogP contribution in [0.5, 0.6) is 23.0 Å². The Morgan fingerprint density at radius 3 is 0.901 bits per heavy atom. The van der Waals surface area contributed by atoms with Gasteiger partial charge in [0.1, 0.15) is 23.0 Å². The van der Waals surface area contributed by atoms with Crippen LogP contribution >= 0.6 is 0 Å². The third-order valence-electron chi connectivity index (χ3n) is 15.0. The van der Waals surface area contributed by atoms with Crippen molar-refractivity contribution in [1.29, 1.82) is 0 Å². The van der Waals surface area contributed by atoms with Crippen molar-refractivity contribution in [3.8, 4) is 23.0 Å². The van der Waals surface area contributed by atoms with Crippen LogP contribution < -0.4 is 40.3 Å². The molecule has 0 fully saturated rings. The summed E-state index contributed by atoms with van der Waals surface area (Å²) in [7, 11) is 17.5. The number of ether oxygens (including phenoxy) is 4. The number of hydrogen-bond acceptors (Lipinski definition) is 5. The second-order valence-corrected chi connectivity index (χ2v) is 24.1. The van der Waals surface area contributed by atoms with Gasteiger partial charge >= 0.3 is 0 Å². The third kappa shape index (κ3) is 16.2. The number of fused-ring (bicyclic) bond motifs is 8. The predicted molar refractivity (Wildman–Crippen MR) is 332 cm³/mol. The summed E-state index contributed by atoms with van der Waals surface area (Å²) in [5.74, 6) is 3.45. The van der Waals surface area contributed by atoms with Gasteiger partial charge in [0.05, 0.1) is 81.8 Å². The molecule has 8 aromatic rings. The maximum absolute atomic E-state index is 6.34. The number of nitrogens with zero attached hydrogens (tertiary/aromatic N) is 3. The molecule has 0 atom stereocenters. The van der Waals surface area contributed by atoms with Crippen molar-refractivity contribution in [2.45, 2.75) is 71.1 Å². The van der Waals surface area contributed by atoms with Gasteiger partial charge in [0.25, 0.3) is 0 Å². The molecule has 8 bridgehead atoms. The van der Waals surface area contributed by atoms with Gasteiger partial charge in [-0.3, -0.25) is 0 Å². The molecule has 1 aliphatic heterocycles. The summed E-state index contributed by atoms with van der Waals surface area (Å²) in [6.07, 6.45) is 11.6. The van der Waals surface area contributed by atoms with Crippen molar-refractivity contribution in [2.75, 3.05) is 102 Å². The van der Waals surface area contributed by atoms with E-state index in [9.17, 15) is 0 Å². The van der Waals surface area contributed by atoms with Crippen molar-refractivity contribution in [1.82, 2.24) is 24.8 Å². The molecule has 5 heterocycles. The van der Waals surface area contributed by atoms with E-state index in [-0.39, 0.29) is 0 Å². The minimum Gasteiger partial charge on any atom is -0.494 e. The fraction of sp³-hybridized carbons (Fsp3) is 0.371. The Bertz CT molecular complexity index is 3510. The maximum atomic E-state index is 6.34. The first-order valence-corrected chi connectivity index (χ1v) is 29.6. The summed E-state index contributed by atoms with van der Waals surface area (Å²) in [6, 6.07) is 51.9. The number of rotatable bonds is 28. The fourth-order valence-corrected chi connectivity index (χ4v) is 10.7. The molecule has 4 aromatic heterocycles. The average Bonchev–Trinajstić information content (AvgIpc) is 4.36. The van der Waals surface area contributed by atoms with Crippen LogP contribution in [0.1, 0.15) is 116 Å². The molecule has 0 saturated heterocycles. The van der Waals surface area contributed by atoms with Gasteiger partial charge in [-0.25, -0.2) is 0 Å². The molecule has 1 aliphatic rings. The van der Waals surface area contributed by atoms with Crippen LogP contribution in [0.25, 0.3) is 22.3 Å². The van der Waals surface area contributed by atoms with Gasteiger partial charge in [-0.1, -0.05) is 94.0 Å². The van der Waals surface area contributed by atoms with Crippen molar-refractivity contribution in [3.05, 3.63) is 212 Å². The van der Waals surface area contributed by atoms with Crippen LogP contribution in [0, 0.1) is 0 Å². The highest BCUT2D eigenvalue weighted by Gasteiger charge is 2.20. The summed E-state index contributed by atoms with van der Waals surface area (Å²) in [5.41, 5.74) is 12.3. The molecule has 81 heavy (non-hydrogen) atoms. The van der Waals surface area contributed by atoms with E-state index in [1.165, 1.54) is 38.5 Å². The molecule has 0 spiro atoms. The fourth-order valence-electron chi connectivity index (χ4n) is 10.7. The lowest BCUT2D eigenvalue weighted by molar-refractivity contribution is -0.870. The van der Waals surface area contributed by atoms with Crippen LogP contribution in [-0.4, -0.2) is 136 Å². The smallest absolute Gasteiger partial charge is 0.119 e. The van der Waals surface area contributed by atoms with Crippen molar-refractivity contribution in [3.63, 3.8) is 0 Å². The van der Waals surface area contributed by atoms with Gasteiger partial charge in [-0.15, -0.1) is 0 Å². The molecule has 4 N–H and O–H groups in total. The lowest BCUT2D eigenvalue weighted by Crippen LogP contribution is -2.36. The van der Waals surface area contributed by atoms with Crippen molar-refractivity contribution >= 4 is 22.3 Å². The van der Waals surface area contributed by atoms with E-state index < -0.39 is 0 Å². The van der Waals surface area contributed by atoms with Crippen LogP contribution in [0.4, 0.5) is 0 Å². The van der Waals surface area contributed by atoms with E-state index in [0.29, 0.717) is 26.4 Å². The lowest BCUT2D eigenvalue weighted by Gasteiger charge is -2.23. The van der Waals surface area contributed by atoms with Crippen LogP contribution in [-0.2, 0) is 0 Å². The zero-order valence-electron chi connectivity index (χ0n) is 49.9. The van der Waals surface area contributed by atoms with Gasteiger partial charge in [0, 0.05) is 85.9 Å². The second kappa shape index (κ2) is 27.3. The van der Waals surface area contributed by atoms with E-state index in [4.69, 9.17) is 18.9 Å². The van der Waals surface area contributed by atoms with E-state index in [1.54, 1.807) is 0 Å². The molecule has 0 unspecified atom stereocenters. The molecule has 4 aromatic carbocycles. The lowest BCUT2D eigenvalue weighted by atomic mass is 10.0. The Kier molecular flexibility index (Phi) is 19.7. The number of H-pyrrole nitrogens is 4. The zero-order valence-corrected chi connectivity index (χ0v) is 49.9. The quantitative estimate of drug-likeness (QED) is 0.0289. The Balaban J connectivity index is 1.18. The largest absolute Gasteiger partial charge is 0.494 e. The van der Waals surface area contributed by atoms with Gasteiger partial charge in [-0.05, 0) is 146 Å². The Morgan fingerprint density at radius 1 is 0.321 bits per heavy atom. The molecule has 11 nitrogen and oxygen atoms in total. The summed E-state index contributed by atoms with van der Waals surface area (Å²) in [4.78, 5) is 18.0. The second-order valence-electron chi connectivity index (χ2n) is 24.1. The van der Waals surface area contributed by atoms with Gasteiger partial charge in [0.2, 0.25) is 0 Å². The highest BCUT2D eigenvalue weighted by atomic mass is 16.5. The van der Waals surface area contributed by atoms with Gasteiger partial charge < -0.3 is 52.7 Å². The first-order valence-electron chi connectivity index (χ1n) is 29.6. The Labute approximate surface area is 481 Å². The molecular formula is C70H89N7O4+2. The summed E-state index contributed by atoms with van der Waals surface area (Å²) >= 11 is 0. The first-order chi connectivity index (χ1) is 39.2. The minimum absolute atomic E-state index is 0.653. The highest BCUT2D eigenvalue weighted by Crippen LogP contribution is 2.31. The van der Waals surface area contributed by atoms with Gasteiger partial charge in [0.15, 0.2) is 0 Å².